The summed E-state index contributed by atoms with van der Waals surface area (Å²) in [6.45, 7) is 0.505. The molecule has 144 valence electrons. The summed E-state index contributed by atoms with van der Waals surface area (Å²) >= 11 is 0. The van der Waals surface area contributed by atoms with E-state index >= 15 is 0 Å². The average molecular weight is 392 g/mol. The molecule has 1 aliphatic heterocycles. The molecule has 1 N–H and O–H groups in total. The van der Waals surface area contributed by atoms with Gasteiger partial charge in [0.05, 0.1) is 34.7 Å². The molecule has 6 rings (SSSR count). The van der Waals surface area contributed by atoms with Crippen LogP contribution in [0, 0.1) is 11.3 Å². The molecule has 1 aliphatic rings. The number of carbonyl (C=O) groups excluding carboxylic acids is 2. The molecule has 0 saturated carbocycles. The maximum atomic E-state index is 12.9. The minimum Gasteiger partial charge on any atom is -0.342 e. The molecule has 3 aromatic carbocycles. The van der Waals surface area contributed by atoms with Crippen LogP contribution in [0.15, 0.2) is 48.5 Å². The standard InChI is InChI=1S/C24H16N4O2/c1-27-15-9-4-2-7-13(15)17-19-20(24(30)26-23(19)29)18-14-8-3-5-10-16(14)28(12-6-11-25)22(18)21(17)27/h2-5,7-10H,6,12H2,1H3,(H,26,29,30). The molecule has 0 unspecified atom stereocenters. The van der Waals surface area contributed by atoms with E-state index < -0.39 is 0 Å². The van der Waals surface area contributed by atoms with Gasteiger partial charge in [-0.1, -0.05) is 36.4 Å². The molecule has 0 bridgehead atoms. The zero-order valence-electron chi connectivity index (χ0n) is 16.2. The second kappa shape index (κ2) is 5.71. The van der Waals surface area contributed by atoms with Gasteiger partial charge in [0.15, 0.2) is 0 Å². The van der Waals surface area contributed by atoms with Gasteiger partial charge in [0.25, 0.3) is 11.8 Å². The lowest BCUT2D eigenvalue weighted by Crippen LogP contribution is -2.20. The topological polar surface area (TPSA) is 79.8 Å². The predicted molar refractivity (Wildman–Crippen MR) is 115 cm³/mol. The van der Waals surface area contributed by atoms with Crippen molar-refractivity contribution in [3.8, 4) is 6.07 Å². The van der Waals surface area contributed by atoms with Gasteiger partial charge < -0.3 is 9.13 Å². The number of hydrogen-bond acceptors (Lipinski definition) is 3. The van der Waals surface area contributed by atoms with Gasteiger partial charge in [-0.2, -0.15) is 5.26 Å². The smallest absolute Gasteiger partial charge is 0.259 e. The van der Waals surface area contributed by atoms with Crippen LogP contribution in [0.2, 0.25) is 0 Å². The summed E-state index contributed by atoms with van der Waals surface area (Å²) in [7, 11) is 1.98. The maximum Gasteiger partial charge on any atom is 0.259 e. The highest BCUT2D eigenvalue weighted by Crippen LogP contribution is 2.44. The Labute approximate surface area is 170 Å². The summed E-state index contributed by atoms with van der Waals surface area (Å²) < 4.78 is 4.20. The van der Waals surface area contributed by atoms with Crippen LogP contribution in [0.1, 0.15) is 27.1 Å². The van der Waals surface area contributed by atoms with Gasteiger partial charge in [0.2, 0.25) is 0 Å². The maximum absolute atomic E-state index is 12.9. The second-order valence-electron chi connectivity index (χ2n) is 7.63. The third-order valence-corrected chi connectivity index (χ3v) is 6.18. The van der Waals surface area contributed by atoms with E-state index in [1.807, 2.05) is 55.6 Å². The van der Waals surface area contributed by atoms with E-state index in [9.17, 15) is 14.9 Å². The van der Waals surface area contributed by atoms with Gasteiger partial charge in [-0.25, -0.2) is 0 Å². The number of hydrogen-bond donors (Lipinski definition) is 1. The monoisotopic (exact) mass is 392 g/mol. The van der Waals surface area contributed by atoms with Crippen molar-refractivity contribution in [2.75, 3.05) is 0 Å². The largest absolute Gasteiger partial charge is 0.342 e. The number of aromatic nitrogens is 2. The van der Waals surface area contributed by atoms with E-state index in [4.69, 9.17) is 0 Å². The summed E-state index contributed by atoms with van der Waals surface area (Å²) in [5, 5.41) is 15.2. The van der Waals surface area contributed by atoms with Crippen LogP contribution in [-0.2, 0) is 13.6 Å². The SMILES string of the molecule is Cn1c2ccccc2c2c3c(c4c5ccccc5n(CCC#N)c4c21)C(=O)NC3=O. The Morgan fingerprint density at radius 1 is 0.867 bits per heavy atom. The lowest BCUT2D eigenvalue weighted by atomic mass is 9.96. The Hall–Kier alpha value is -4.11. The normalized spacial score (nSPS) is 13.5. The van der Waals surface area contributed by atoms with E-state index in [2.05, 4.69) is 20.5 Å². The first-order valence-corrected chi connectivity index (χ1v) is 9.80. The van der Waals surface area contributed by atoms with Gasteiger partial charge in [-0.15, -0.1) is 0 Å². The first-order valence-electron chi connectivity index (χ1n) is 9.80. The molecule has 0 aliphatic carbocycles. The number of fused-ring (bicyclic) bond motifs is 10. The van der Waals surface area contributed by atoms with Crippen LogP contribution in [0.25, 0.3) is 43.6 Å². The number of nitrogens with one attached hydrogen (secondary N) is 1. The molecule has 0 spiro atoms. The second-order valence-corrected chi connectivity index (χ2v) is 7.63. The Kier molecular flexibility index (Phi) is 3.20. The van der Waals surface area contributed by atoms with Crippen molar-refractivity contribution in [1.29, 1.82) is 5.26 Å². The van der Waals surface area contributed by atoms with E-state index in [1.54, 1.807) is 0 Å². The Bertz CT molecular complexity index is 1630. The molecule has 30 heavy (non-hydrogen) atoms. The molecule has 0 atom stereocenters. The fourth-order valence-corrected chi connectivity index (χ4v) is 5.05. The molecule has 2 aromatic heterocycles. The lowest BCUT2D eigenvalue weighted by molar-refractivity contribution is 0.0880. The van der Waals surface area contributed by atoms with Gasteiger partial charge in [0, 0.05) is 46.2 Å². The van der Waals surface area contributed by atoms with Gasteiger partial charge in [0.1, 0.15) is 0 Å². The summed E-state index contributed by atoms with van der Waals surface area (Å²) in [6.07, 6.45) is 0.349. The highest BCUT2D eigenvalue weighted by atomic mass is 16.2. The Morgan fingerprint density at radius 2 is 1.43 bits per heavy atom. The number of nitriles is 1. The minimum atomic E-state index is -0.363. The van der Waals surface area contributed by atoms with Crippen LogP contribution in [0.3, 0.4) is 0 Å². The lowest BCUT2D eigenvalue weighted by Gasteiger charge is -2.09. The minimum absolute atomic E-state index is 0.349. The number of rotatable bonds is 2. The fourth-order valence-electron chi connectivity index (χ4n) is 5.05. The number of aryl methyl sites for hydroxylation is 2. The first kappa shape index (κ1) is 16.8. The third-order valence-electron chi connectivity index (χ3n) is 6.18. The fraction of sp³-hybridized carbons (Fsp3) is 0.125. The van der Waals surface area contributed by atoms with E-state index in [0.29, 0.717) is 24.1 Å². The molecule has 3 heterocycles. The van der Waals surface area contributed by atoms with E-state index in [-0.39, 0.29) is 11.8 Å². The number of benzene rings is 3. The zero-order chi connectivity index (χ0) is 20.6. The molecular formula is C24H16N4O2. The van der Waals surface area contributed by atoms with Crippen LogP contribution < -0.4 is 5.32 Å². The molecular weight excluding hydrogens is 376 g/mol. The van der Waals surface area contributed by atoms with Crippen molar-refractivity contribution >= 4 is 55.4 Å². The average Bonchev–Trinajstić information content (AvgIpc) is 3.35. The molecule has 6 nitrogen and oxygen atoms in total. The molecule has 0 saturated heterocycles. The third kappa shape index (κ3) is 1.87. The number of carbonyl (C=O) groups is 2. The number of amides is 2. The summed E-state index contributed by atoms with van der Waals surface area (Å²) in [5.41, 5.74) is 4.63. The Balaban J connectivity index is 2.01. The first-order chi connectivity index (χ1) is 14.6. The van der Waals surface area contributed by atoms with E-state index in [0.717, 1.165) is 43.6 Å². The number of para-hydroxylation sites is 2. The Morgan fingerprint density at radius 3 is 2.10 bits per heavy atom. The van der Waals surface area contributed by atoms with Crippen molar-refractivity contribution < 1.29 is 9.59 Å². The van der Waals surface area contributed by atoms with Crippen molar-refractivity contribution in [1.82, 2.24) is 14.5 Å². The van der Waals surface area contributed by atoms with Crippen LogP contribution in [-0.4, -0.2) is 20.9 Å². The summed E-state index contributed by atoms with van der Waals surface area (Å²) in [5.74, 6) is -0.717. The number of nitrogens with zero attached hydrogens (tertiary/aromatic N) is 3. The van der Waals surface area contributed by atoms with Crippen molar-refractivity contribution in [2.45, 2.75) is 13.0 Å². The van der Waals surface area contributed by atoms with E-state index in [1.165, 1.54) is 0 Å². The quantitative estimate of drug-likeness (QED) is 0.457. The highest BCUT2D eigenvalue weighted by molar-refractivity contribution is 6.39. The van der Waals surface area contributed by atoms with Crippen LogP contribution in [0.5, 0.6) is 0 Å². The van der Waals surface area contributed by atoms with Gasteiger partial charge in [-0.3, -0.25) is 14.9 Å². The van der Waals surface area contributed by atoms with Gasteiger partial charge in [-0.05, 0) is 12.1 Å². The number of imide groups is 1. The molecule has 2 amide bonds. The molecule has 6 heteroatoms. The zero-order valence-corrected chi connectivity index (χ0v) is 16.2. The van der Waals surface area contributed by atoms with Crippen molar-refractivity contribution in [2.24, 2.45) is 7.05 Å². The predicted octanol–water partition coefficient (Wildman–Crippen LogP) is 4.24. The van der Waals surface area contributed by atoms with Crippen molar-refractivity contribution in [3.05, 3.63) is 59.7 Å². The van der Waals surface area contributed by atoms with Crippen LogP contribution in [0.4, 0.5) is 0 Å². The summed E-state index contributed by atoms with van der Waals surface area (Å²) in [4.78, 5) is 25.9. The molecule has 5 aromatic rings. The van der Waals surface area contributed by atoms with Crippen molar-refractivity contribution in [3.63, 3.8) is 0 Å². The van der Waals surface area contributed by atoms with Gasteiger partial charge >= 0.3 is 0 Å². The highest BCUT2D eigenvalue weighted by Gasteiger charge is 2.36. The molecule has 0 radical (unpaired) electrons. The summed E-state index contributed by atoms with van der Waals surface area (Å²) in [6, 6.07) is 18.0. The molecule has 0 fully saturated rings. The van der Waals surface area contributed by atoms with Crippen LogP contribution >= 0.6 is 0 Å².